The van der Waals surface area contributed by atoms with E-state index in [0.717, 1.165) is 39.3 Å². The lowest BCUT2D eigenvalue weighted by molar-refractivity contribution is 0.736. The SMILES string of the molecule is Cn1nnc2ccc(C3=NCc4c(Cl)cc(Cl)cc4-n4cccc43)cc21. The third kappa shape index (κ3) is 2.28. The molecule has 3 heterocycles. The molecule has 1 aliphatic heterocycles. The number of benzene rings is 2. The summed E-state index contributed by atoms with van der Waals surface area (Å²) < 4.78 is 3.85. The maximum Gasteiger partial charge on any atom is 0.113 e. The number of fused-ring (bicyclic) bond motifs is 4. The Morgan fingerprint density at radius 1 is 1.08 bits per heavy atom. The van der Waals surface area contributed by atoms with Crippen LogP contribution in [0.15, 0.2) is 53.7 Å². The van der Waals surface area contributed by atoms with Gasteiger partial charge in [-0.25, -0.2) is 4.68 Å². The Balaban J connectivity index is 1.74. The first-order chi connectivity index (χ1) is 12.6. The molecule has 0 atom stereocenters. The predicted molar refractivity (Wildman–Crippen MR) is 104 cm³/mol. The first-order valence-corrected chi connectivity index (χ1v) is 8.88. The average Bonchev–Trinajstić information content (AvgIpc) is 3.20. The van der Waals surface area contributed by atoms with Gasteiger partial charge in [-0.15, -0.1) is 5.10 Å². The normalized spacial score (nSPS) is 13.3. The van der Waals surface area contributed by atoms with Crippen molar-refractivity contribution in [2.45, 2.75) is 6.54 Å². The fourth-order valence-corrected chi connectivity index (χ4v) is 3.94. The molecule has 2 aromatic carbocycles. The van der Waals surface area contributed by atoms with Crippen LogP contribution in [0.4, 0.5) is 0 Å². The number of nitrogens with zero attached hydrogens (tertiary/aromatic N) is 5. The van der Waals surface area contributed by atoms with Crippen molar-refractivity contribution >= 4 is 39.9 Å². The molecule has 0 fully saturated rings. The highest BCUT2D eigenvalue weighted by atomic mass is 35.5. The van der Waals surface area contributed by atoms with Crippen LogP contribution in [0.1, 0.15) is 16.8 Å². The van der Waals surface area contributed by atoms with Crippen molar-refractivity contribution in [3.05, 3.63) is 75.5 Å². The van der Waals surface area contributed by atoms with Crippen LogP contribution in [-0.2, 0) is 13.6 Å². The Bertz CT molecular complexity index is 1200. The molecule has 7 heteroatoms. The van der Waals surface area contributed by atoms with Gasteiger partial charge in [0.2, 0.25) is 0 Å². The monoisotopic (exact) mass is 381 g/mol. The average molecular weight is 382 g/mol. The van der Waals surface area contributed by atoms with Gasteiger partial charge in [-0.3, -0.25) is 4.99 Å². The van der Waals surface area contributed by atoms with Crippen molar-refractivity contribution < 1.29 is 0 Å². The fourth-order valence-electron chi connectivity index (χ4n) is 3.40. The van der Waals surface area contributed by atoms with Gasteiger partial charge in [-0.05, 0) is 36.4 Å². The van der Waals surface area contributed by atoms with Gasteiger partial charge in [0.05, 0.1) is 29.2 Å². The van der Waals surface area contributed by atoms with Crippen LogP contribution in [0.25, 0.3) is 16.7 Å². The highest BCUT2D eigenvalue weighted by Crippen LogP contribution is 2.33. The van der Waals surface area contributed by atoms with E-state index in [2.05, 4.69) is 27.0 Å². The summed E-state index contributed by atoms with van der Waals surface area (Å²) in [5.74, 6) is 0. The Kier molecular flexibility index (Phi) is 3.42. The fraction of sp³-hybridized carbons (Fsp3) is 0.105. The Hall–Kier alpha value is -2.63. The van der Waals surface area contributed by atoms with Gasteiger partial charge in [-0.1, -0.05) is 34.5 Å². The van der Waals surface area contributed by atoms with E-state index in [1.54, 1.807) is 10.7 Å². The van der Waals surface area contributed by atoms with E-state index >= 15 is 0 Å². The Morgan fingerprint density at radius 2 is 1.96 bits per heavy atom. The summed E-state index contributed by atoms with van der Waals surface area (Å²) in [7, 11) is 1.88. The first-order valence-electron chi connectivity index (χ1n) is 8.12. The van der Waals surface area contributed by atoms with E-state index < -0.39 is 0 Å². The molecule has 0 amide bonds. The smallest absolute Gasteiger partial charge is 0.113 e. The quantitative estimate of drug-likeness (QED) is 0.489. The van der Waals surface area contributed by atoms with Crippen LogP contribution in [-0.4, -0.2) is 25.3 Å². The zero-order valence-corrected chi connectivity index (χ0v) is 15.3. The topological polar surface area (TPSA) is 48.0 Å². The summed E-state index contributed by atoms with van der Waals surface area (Å²) in [6.45, 7) is 0.490. The lowest BCUT2D eigenvalue weighted by Crippen LogP contribution is -2.08. The maximum absolute atomic E-state index is 6.44. The molecular weight excluding hydrogens is 369 g/mol. The molecule has 26 heavy (non-hydrogen) atoms. The molecule has 0 unspecified atom stereocenters. The van der Waals surface area contributed by atoms with Crippen molar-refractivity contribution in [3.8, 4) is 5.69 Å². The molecule has 2 aromatic heterocycles. The number of rotatable bonds is 1. The third-order valence-electron chi connectivity index (χ3n) is 4.67. The molecule has 0 bridgehead atoms. The minimum absolute atomic E-state index is 0.490. The lowest BCUT2D eigenvalue weighted by Gasteiger charge is -2.12. The van der Waals surface area contributed by atoms with E-state index in [1.165, 1.54) is 0 Å². The number of aliphatic imine (C=N–C) groups is 1. The zero-order valence-electron chi connectivity index (χ0n) is 13.8. The molecule has 5 rings (SSSR count). The van der Waals surface area contributed by atoms with Gasteiger partial charge in [0.1, 0.15) is 5.52 Å². The van der Waals surface area contributed by atoms with Crippen LogP contribution in [0.2, 0.25) is 10.0 Å². The third-order valence-corrected chi connectivity index (χ3v) is 5.22. The standard InChI is InChI=1S/C19H13Cl2N5/c1-25-18-7-11(4-5-15(18)23-24-25)19-16-3-2-6-26(16)17-9-12(20)8-14(21)13(17)10-22-19/h2-9H,10H2,1H3. The van der Waals surface area contributed by atoms with Crippen molar-refractivity contribution in [1.29, 1.82) is 0 Å². The molecule has 128 valence electrons. The van der Waals surface area contributed by atoms with Crippen LogP contribution in [0.3, 0.4) is 0 Å². The largest absolute Gasteiger partial charge is 0.315 e. The van der Waals surface area contributed by atoms with Crippen molar-refractivity contribution in [2.75, 3.05) is 0 Å². The summed E-state index contributed by atoms with van der Waals surface area (Å²) >= 11 is 12.7. The van der Waals surface area contributed by atoms with Crippen molar-refractivity contribution in [3.63, 3.8) is 0 Å². The summed E-state index contributed by atoms with van der Waals surface area (Å²) in [4.78, 5) is 4.88. The van der Waals surface area contributed by atoms with Gasteiger partial charge >= 0.3 is 0 Å². The second kappa shape index (κ2) is 5.69. The van der Waals surface area contributed by atoms with Crippen LogP contribution in [0, 0.1) is 0 Å². The second-order valence-electron chi connectivity index (χ2n) is 6.23. The second-order valence-corrected chi connectivity index (χ2v) is 7.07. The van der Waals surface area contributed by atoms with Gasteiger partial charge < -0.3 is 4.57 Å². The van der Waals surface area contributed by atoms with Gasteiger partial charge in [0.25, 0.3) is 0 Å². The minimum atomic E-state index is 0.490. The summed E-state index contributed by atoms with van der Waals surface area (Å²) in [6, 6.07) is 13.8. The van der Waals surface area contributed by atoms with E-state index in [1.807, 2.05) is 37.5 Å². The number of aromatic nitrogens is 4. The first kappa shape index (κ1) is 15.6. The molecule has 1 aliphatic rings. The molecule has 0 saturated heterocycles. The number of halogens is 2. The molecule has 0 aliphatic carbocycles. The summed E-state index contributed by atoms with van der Waals surface area (Å²) in [5.41, 5.74) is 6.66. The van der Waals surface area contributed by atoms with Crippen molar-refractivity contribution in [1.82, 2.24) is 19.6 Å². The maximum atomic E-state index is 6.44. The van der Waals surface area contributed by atoms with Crippen LogP contribution >= 0.6 is 23.2 Å². The van der Waals surface area contributed by atoms with Gasteiger partial charge in [0, 0.05) is 34.4 Å². The van der Waals surface area contributed by atoms with Crippen LogP contribution < -0.4 is 0 Å². The molecule has 0 spiro atoms. The van der Waals surface area contributed by atoms with E-state index in [4.69, 9.17) is 28.2 Å². The summed E-state index contributed by atoms with van der Waals surface area (Å²) in [5, 5.41) is 9.46. The Morgan fingerprint density at radius 3 is 2.85 bits per heavy atom. The summed E-state index contributed by atoms with van der Waals surface area (Å²) in [6.07, 6.45) is 2.01. The lowest BCUT2D eigenvalue weighted by atomic mass is 10.1. The predicted octanol–water partition coefficient (Wildman–Crippen LogP) is 4.42. The minimum Gasteiger partial charge on any atom is -0.315 e. The number of hydrogen-bond acceptors (Lipinski definition) is 3. The molecule has 0 N–H and O–H groups in total. The van der Waals surface area contributed by atoms with E-state index in [-0.39, 0.29) is 0 Å². The zero-order chi connectivity index (χ0) is 17.8. The Labute approximate surface area is 159 Å². The van der Waals surface area contributed by atoms with Crippen LogP contribution in [0.5, 0.6) is 0 Å². The van der Waals surface area contributed by atoms with E-state index in [0.29, 0.717) is 16.6 Å². The highest BCUT2D eigenvalue weighted by Gasteiger charge is 2.21. The number of hydrogen-bond donors (Lipinski definition) is 0. The molecule has 5 nitrogen and oxygen atoms in total. The van der Waals surface area contributed by atoms with Gasteiger partial charge in [0.15, 0.2) is 0 Å². The van der Waals surface area contributed by atoms with Crippen molar-refractivity contribution in [2.24, 2.45) is 12.0 Å². The molecule has 0 saturated carbocycles. The molecular formula is C19H13Cl2N5. The highest BCUT2D eigenvalue weighted by molar-refractivity contribution is 6.35. The number of aryl methyl sites for hydroxylation is 1. The van der Waals surface area contributed by atoms with E-state index in [9.17, 15) is 0 Å². The molecule has 4 aromatic rings. The van der Waals surface area contributed by atoms with Gasteiger partial charge in [-0.2, -0.15) is 0 Å². The molecule has 0 radical (unpaired) electrons.